The van der Waals surface area contributed by atoms with Gasteiger partial charge in [0, 0.05) is 6.42 Å². The van der Waals surface area contributed by atoms with Crippen LogP contribution < -0.4 is 5.32 Å². The maximum absolute atomic E-state index is 14.4. The summed E-state index contributed by atoms with van der Waals surface area (Å²) in [4.78, 5) is 0. The quantitative estimate of drug-likeness (QED) is 0.864. The van der Waals surface area contributed by atoms with Gasteiger partial charge in [-0.25, -0.2) is 4.39 Å². The van der Waals surface area contributed by atoms with Gasteiger partial charge in [0.15, 0.2) is 0 Å². The Kier molecular flexibility index (Phi) is 4.39. The van der Waals surface area contributed by atoms with Crippen LogP contribution in [0.1, 0.15) is 35.1 Å². The Morgan fingerprint density at radius 2 is 1.72 bits per heavy atom. The fraction of sp³-hybridized carbons (Fsp3) is 0.625. The zero-order valence-electron chi connectivity index (χ0n) is 11.7. The fourth-order valence-corrected chi connectivity index (χ4v) is 3.10. The van der Waals surface area contributed by atoms with Crippen LogP contribution in [0.15, 0.2) is 12.1 Å². The molecule has 0 saturated carbocycles. The average Bonchev–Trinajstić information content (AvgIpc) is 2.34. The number of piperidine rings is 1. The summed E-state index contributed by atoms with van der Waals surface area (Å²) in [5.74, 6) is 0.242. The number of alkyl halides is 1. The average molecular weight is 249 g/mol. The van der Waals surface area contributed by atoms with Gasteiger partial charge in [0.1, 0.15) is 6.17 Å². The third kappa shape index (κ3) is 3.11. The minimum Gasteiger partial charge on any atom is -0.317 e. The number of rotatable bonds is 3. The van der Waals surface area contributed by atoms with Crippen LogP contribution in [0.4, 0.5) is 4.39 Å². The maximum atomic E-state index is 14.4. The second-order valence-corrected chi connectivity index (χ2v) is 5.68. The molecule has 1 nitrogen and oxygen atoms in total. The first-order valence-corrected chi connectivity index (χ1v) is 6.99. The van der Waals surface area contributed by atoms with Gasteiger partial charge >= 0.3 is 0 Å². The van der Waals surface area contributed by atoms with Crippen LogP contribution in [-0.2, 0) is 6.42 Å². The molecule has 1 aromatic carbocycles. The maximum Gasteiger partial charge on any atom is 0.107 e. The minimum absolute atomic E-state index is 0.242. The van der Waals surface area contributed by atoms with E-state index in [2.05, 4.69) is 38.2 Å². The topological polar surface area (TPSA) is 12.0 Å². The first kappa shape index (κ1) is 13.5. The highest BCUT2D eigenvalue weighted by atomic mass is 19.1. The Morgan fingerprint density at radius 3 is 2.28 bits per heavy atom. The molecule has 0 bridgehead atoms. The zero-order chi connectivity index (χ0) is 13.1. The molecule has 1 heterocycles. The molecule has 1 aromatic rings. The van der Waals surface area contributed by atoms with Crippen LogP contribution in [0.3, 0.4) is 0 Å². The van der Waals surface area contributed by atoms with Crippen molar-refractivity contribution in [2.24, 2.45) is 5.92 Å². The van der Waals surface area contributed by atoms with Gasteiger partial charge in [0.25, 0.3) is 0 Å². The Balaban J connectivity index is 2.08. The van der Waals surface area contributed by atoms with Gasteiger partial charge in [0.2, 0.25) is 0 Å². The summed E-state index contributed by atoms with van der Waals surface area (Å²) >= 11 is 0. The van der Waals surface area contributed by atoms with Crippen molar-refractivity contribution in [1.29, 1.82) is 0 Å². The lowest BCUT2D eigenvalue weighted by Crippen LogP contribution is -2.33. The van der Waals surface area contributed by atoms with Crippen molar-refractivity contribution < 1.29 is 4.39 Å². The predicted molar refractivity (Wildman–Crippen MR) is 74.8 cm³/mol. The first-order valence-electron chi connectivity index (χ1n) is 6.99. The summed E-state index contributed by atoms with van der Waals surface area (Å²) in [6.07, 6.45) is 1.85. The third-order valence-electron chi connectivity index (χ3n) is 4.13. The minimum atomic E-state index is -0.688. The molecule has 1 aliphatic heterocycles. The lowest BCUT2D eigenvalue weighted by molar-refractivity contribution is 0.187. The van der Waals surface area contributed by atoms with Crippen molar-refractivity contribution in [2.75, 3.05) is 13.1 Å². The monoisotopic (exact) mass is 249 g/mol. The smallest absolute Gasteiger partial charge is 0.107 e. The molecule has 0 radical (unpaired) electrons. The molecule has 1 unspecified atom stereocenters. The number of benzene rings is 1. The van der Waals surface area contributed by atoms with Gasteiger partial charge < -0.3 is 5.32 Å². The Bertz CT molecular complexity index is 385. The molecule has 1 fully saturated rings. The number of nitrogens with one attached hydrogen (secondary N) is 1. The largest absolute Gasteiger partial charge is 0.317 e. The highest BCUT2D eigenvalue weighted by Crippen LogP contribution is 2.25. The zero-order valence-corrected chi connectivity index (χ0v) is 11.7. The molecule has 2 heteroatoms. The van der Waals surface area contributed by atoms with E-state index in [0.29, 0.717) is 6.42 Å². The number of hydrogen-bond donors (Lipinski definition) is 1. The summed E-state index contributed by atoms with van der Waals surface area (Å²) in [5.41, 5.74) is 4.96. The van der Waals surface area contributed by atoms with E-state index < -0.39 is 6.17 Å². The summed E-state index contributed by atoms with van der Waals surface area (Å²) in [7, 11) is 0. The molecule has 0 aromatic heterocycles. The van der Waals surface area contributed by atoms with Crippen molar-refractivity contribution in [2.45, 2.75) is 46.2 Å². The molecule has 1 atom stereocenters. The number of hydrogen-bond acceptors (Lipinski definition) is 1. The van der Waals surface area contributed by atoms with E-state index in [1.54, 1.807) is 0 Å². The van der Waals surface area contributed by atoms with Crippen molar-refractivity contribution in [1.82, 2.24) is 5.32 Å². The van der Waals surface area contributed by atoms with E-state index in [1.807, 2.05) is 0 Å². The van der Waals surface area contributed by atoms with Crippen LogP contribution >= 0.6 is 0 Å². The van der Waals surface area contributed by atoms with Crippen molar-refractivity contribution in [3.63, 3.8) is 0 Å². The van der Waals surface area contributed by atoms with Gasteiger partial charge in [-0.15, -0.1) is 0 Å². The van der Waals surface area contributed by atoms with E-state index in [0.717, 1.165) is 25.9 Å². The second-order valence-electron chi connectivity index (χ2n) is 5.68. The molecule has 1 N–H and O–H groups in total. The van der Waals surface area contributed by atoms with Gasteiger partial charge in [-0.3, -0.25) is 0 Å². The third-order valence-corrected chi connectivity index (χ3v) is 4.13. The van der Waals surface area contributed by atoms with E-state index in [9.17, 15) is 4.39 Å². The van der Waals surface area contributed by atoms with Crippen molar-refractivity contribution in [3.8, 4) is 0 Å². The lowest BCUT2D eigenvalue weighted by Gasteiger charge is -2.26. The van der Waals surface area contributed by atoms with E-state index in [1.165, 1.54) is 22.3 Å². The SMILES string of the molecule is Cc1cc(C)c(CC(F)C2CCNCC2)c(C)c1. The van der Waals surface area contributed by atoms with E-state index in [4.69, 9.17) is 0 Å². The number of halogens is 1. The molecule has 0 aliphatic carbocycles. The van der Waals surface area contributed by atoms with Crippen LogP contribution in [0, 0.1) is 26.7 Å². The second kappa shape index (κ2) is 5.83. The van der Waals surface area contributed by atoms with Crippen molar-refractivity contribution >= 4 is 0 Å². The normalized spacial score (nSPS) is 18.9. The molecule has 0 amide bonds. The molecular formula is C16H24FN. The predicted octanol–water partition coefficient (Wildman–Crippen LogP) is 3.49. The molecule has 2 rings (SSSR count). The Hall–Kier alpha value is -0.890. The van der Waals surface area contributed by atoms with Crippen LogP contribution in [0.25, 0.3) is 0 Å². The molecule has 100 valence electrons. The van der Waals surface area contributed by atoms with E-state index >= 15 is 0 Å². The Morgan fingerprint density at radius 1 is 1.17 bits per heavy atom. The van der Waals surface area contributed by atoms with E-state index in [-0.39, 0.29) is 5.92 Å². The van der Waals surface area contributed by atoms with Crippen LogP contribution in [-0.4, -0.2) is 19.3 Å². The van der Waals surface area contributed by atoms with Gasteiger partial charge in [-0.1, -0.05) is 17.7 Å². The lowest BCUT2D eigenvalue weighted by atomic mass is 9.87. The summed E-state index contributed by atoms with van der Waals surface area (Å²) in [5, 5.41) is 3.30. The van der Waals surface area contributed by atoms with Crippen LogP contribution in [0.5, 0.6) is 0 Å². The van der Waals surface area contributed by atoms with Crippen LogP contribution in [0.2, 0.25) is 0 Å². The molecule has 1 saturated heterocycles. The van der Waals surface area contributed by atoms with Gasteiger partial charge in [-0.2, -0.15) is 0 Å². The summed E-state index contributed by atoms with van der Waals surface area (Å²) in [6, 6.07) is 4.33. The molecule has 18 heavy (non-hydrogen) atoms. The fourth-order valence-electron chi connectivity index (χ4n) is 3.10. The molecular weight excluding hydrogens is 225 g/mol. The molecule has 0 spiro atoms. The van der Waals surface area contributed by atoms with Gasteiger partial charge in [-0.05, 0) is 69.3 Å². The summed E-state index contributed by atoms with van der Waals surface area (Å²) in [6.45, 7) is 8.24. The van der Waals surface area contributed by atoms with Gasteiger partial charge in [0.05, 0.1) is 0 Å². The standard InChI is InChI=1S/C16H24FN/c1-11-8-12(2)15(13(3)9-11)10-16(17)14-4-6-18-7-5-14/h8-9,14,16,18H,4-7,10H2,1-3H3. The highest BCUT2D eigenvalue weighted by Gasteiger charge is 2.24. The first-order chi connectivity index (χ1) is 8.58. The Labute approximate surface area is 110 Å². The number of aryl methyl sites for hydroxylation is 3. The summed E-state index contributed by atoms with van der Waals surface area (Å²) < 4.78 is 14.4. The van der Waals surface area contributed by atoms with Crippen molar-refractivity contribution in [3.05, 3.63) is 34.4 Å². The highest BCUT2D eigenvalue weighted by molar-refractivity contribution is 5.37. The molecule has 1 aliphatic rings.